The van der Waals surface area contributed by atoms with Crippen LogP contribution in [0.4, 0.5) is 0 Å². The minimum atomic E-state index is -0.535. The Morgan fingerprint density at radius 2 is 1.95 bits per heavy atom. The van der Waals surface area contributed by atoms with E-state index in [4.69, 9.17) is 0 Å². The van der Waals surface area contributed by atoms with Gasteiger partial charge in [-0.2, -0.15) is 0 Å². The van der Waals surface area contributed by atoms with Gasteiger partial charge in [-0.15, -0.1) is 0 Å². The Hall–Kier alpha value is -1.39. The molecule has 2 atom stereocenters. The molecule has 1 aliphatic rings. The van der Waals surface area contributed by atoms with Crippen molar-refractivity contribution in [3.8, 4) is 0 Å². The summed E-state index contributed by atoms with van der Waals surface area (Å²) in [5, 5.41) is 13.2. The molecule has 4 nitrogen and oxygen atoms in total. The highest BCUT2D eigenvalue weighted by atomic mass is 16.3. The summed E-state index contributed by atoms with van der Waals surface area (Å²) in [6, 6.07) is 9.55. The minimum absolute atomic E-state index is 0.0357. The minimum Gasteiger partial charge on any atom is -0.388 e. The summed E-state index contributed by atoms with van der Waals surface area (Å²) in [4.78, 5) is 14.3. The number of nitrogens with zero attached hydrogens (tertiary/aromatic N) is 1. The summed E-state index contributed by atoms with van der Waals surface area (Å²) in [5.41, 5.74) is 0.897. The van der Waals surface area contributed by atoms with E-state index < -0.39 is 6.10 Å². The molecule has 0 radical (unpaired) electrons. The van der Waals surface area contributed by atoms with Gasteiger partial charge in [0.15, 0.2) is 0 Å². The van der Waals surface area contributed by atoms with Gasteiger partial charge in [0.2, 0.25) is 5.91 Å². The molecule has 1 heterocycles. The van der Waals surface area contributed by atoms with Gasteiger partial charge in [-0.05, 0) is 50.8 Å². The highest BCUT2D eigenvalue weighted by Crippen LogP contribution is 2.18. The second-order valence-electron chi connectivity index (χ2n) is 6.59. The van der Waals surface area contributed by atoms with Gasteiger partial charge in [0.25, 0.3) is 0 Å². The van der Waals surface area contributed by atoms with Gasteiger partial charge in [0, 0.05) is 6.04 Å². The standard InChI is InChI=1S/C18H28N2O2/c1-14-8-10-20(11-9-14)13-18(22)19-15(2)12-17(21)16-6-4-3-5-7-16/h3-7,14-15,17,21H,8-13H2,1-2H3,(H,19,22). The SMILES string of the molecule is CC1CCN(CC(=O)NC(C)CC(O)c2ccccc2)CC1. The van der Waals surface area contributed by atoms with Crippen molar-refractivity contribution in [1.29, 1.82) is 0 Å². The van der Waals surface area contributed by atoms with Crippen LogP contribution in [0.3, 0.4) is 0 Å². The summed E-state index contributed by atoms with van der Waals surface area (Å²) in [6.45, 7) is 6.70. The number of hydrogen-bond acceptors (Lipinski definition) is 3. The third kappa shape index (κ3) is 5.43. The molecule has 0 saturated carbocycles. The Morgan fingerprint density at radius 3 is 2.59 bits per heavy atom. The number of rotatable bonds is 6. The monoisotopic (exact) mass is 304 g/mol. The maximum atomic E-state index is 12.1. The zero-order valence-corrected chi connectivity index (χ0v) is 13.7. The third-order valence-electron chi connectivity index (χ3n) is 4.41. The van der Waals surface area contributed by atoms with E-state index in [1.807, 2.05) is 37.3 Å². The first-order valence-electron chi connectivity index (χ1n) is 8.29. The fourth-order valence-corrected chi connectivity index (χ4v) is 2.95. The van der Waals surface area contributed by atoms with E-state index in [-0.39, 0.29) is 11.9 Å². The number of aliphatic hydroxyl groups excluding tert-OH is 1. The molecule has 0 aromatic heterocycles. The van der Waals surface area contributed by atoms with Gasteiger partial charge in [0.05, 0.1) is 12.6 Å². The van der Waals surface area contributed by atoms with Crippen molar-refractivity contribution in [2.45, 2.75) is 45.3 Å². The van der Waals surface area contributed by atoms with Crippen molar-refractivity contribution < 1.29 is 9.90 Å². The molecule has 4 heteroatoms. The van der Waals surface area contributed by atoms with E-state index in [9.17, 15) is 9.90 Å². The second-order valence-corrected chi connectivity index (χ2v) is 6.59. The molecule has 22 heavy (non-hydrogen) atoms. The van der Waals surface area contributed by atoms with Crippen LogP contribution in [0.5, 0.6) is 0 Å². The molecule has 1 fully saturated rings. The van der Waals surface area contributed by atoms with E-state index >= 15 is 0 Å². The van der Waals surface area contributed by atoms with Gasteiger partial charge < -0.3 is 10.4 Å². The molecule has 1 amide bonds. The Bertz CT molecular complexity index is 455. The number of nitrogens with one attached hydrogen (secondary N) is 1. The fraction of sp³-hybridized carbons (Fsp3) is 0.611. The fourth-order valence-electron chi connectivity index (χ4n) is 2.95. The summed E-state index contributed by atoms with van der Waals surface area (Å²) < 4.78 is 0. The van der Waals surface area contributed by atoms with Crippen molar-refractivity contribution in [3.63, 3.8) is 0 Å². The van der Waals surface area contributed by atoms with E-state index in [1.54, 1.807) is 0 Å². The van der Waals surface area contributed by atoms with Crippen LogP contribution in [-0.2, 0) is 4.79 Å². The lowest BCUT2D eigenvalue weighted by atomic mass is 9.99. The van der Waals surface area contributed by atoms with Crippen molar-refractivity contribution in [3.05, 3.63) is 35.9 Å². The predicted octanol–water partition coefficient (Wildman–Crippen LogP) is 2.35. The lowest BCUT2D eigenvalue weighted by Crippen LogP contribution is -2.44. The molecule has 1 saturated heterocycles. The summed E-state index contributed by atoms with van der Waals surface area (Å²) in [5.74, 6) is 0.835. The number of carbonyl (C=O) groups excluding carboxylic acids is 1. The van der Waals surface area contributed by atoms with Gasteiger partial charge in [-0.25, -0.2) is 0 Å². The van der Waals surface area contributed by atoms with E-state index in [1.165, 1.54) is 12.8 Å². The highest BCUT2D eigenvalue weighted by Gasteiger charge is 2.19. The maximum Gasteiger partial charge on any atom is 0.234 e. The Labute approximate surface area is 133 Å². The van der Waals surface area contributed by atoms with Crippen LogP contribution in [0.25, 0.3) is 0 Å². The zero-order chi connectivity index (χ0) is 15.9. The number of aliphatic hydroxyl groups is 1. The van der Waals surface area contributed by atoms with Crippen molar-refractivity contribution in [2.24, 2.45) is 5.92 Å². The lowest BCUT2D eigenvalue weighted by molar-refractivity contribution is -0.123. The predicted molar refractivity (Wildman–Crippen MR) is 88.5 cm³/mol. The van der Waals surface area contributed by atoms with Crippen molar-refractivity contribution >= 4 is 5.91 Å². The second kappa shape index (κ2) is 8.30. The molecule has 0 bridgehead atoms. The molecule has 2 N–H and O–H groups in total. The van der Waals surface area contributed by atoms with E-state index in [0.29, 0.717) is 13.0 Å². The van der Waals surface area contributed by atoms with Crippen LogP contribution in [-0.4, -0.2) is 41.6 Å². The first-order chi connectivity index (χ1) is 10.5. The van der Waals surface area contributed by atoms with Gasteiger partial charge in [0.1, 0.15) is 0 Å². The quantitative estimate of drug-likeness (QED) is 0.848. The summed E-state index contributed by atoms with van der Waals surface area (Å²) in [7, 11) is 0. The molecule has 2 rings (SSSR count). The van der Waals surface area contributed by atoms with Crippen molar-refractivity contribution in [2.75, 3.05) is 19.6 Å². The third-order valence-corrected chi connectivity index (χ3v) is 4.41. The van der Waals surface area contributed by atoms with E-state index in [0.717, 1.165) is 24.6 Å². The summed E-state index contributed by atoms with van der Waals surface area (Å²) >= 11 is 0. The van der Waals surface area contributed by atoms with Crippen LogP contribution in [0.15, 0.2) is 30.3 Å². The number of benzene rings is 1. The molecule has 122 valence electrons. The Morgan fingerprint density at radius 1 is 1.32 bits per heavy atom. The summed E-state index contributed by atoms with van der Waals surface area (Å²) in [6.07, 6.45) is 2.35. The zero-order valence-electron chi connectivity index (χ0n) is 13.7. The van der Waals surface area contributed by atoms with Gasteiger partial charge >= 0.3 is 0 Å². The molecule has 1 aromatic carbocycles. The normalized spacial score (nSPS) is 19.6. The molecule has 0 spiro atoms. The van der Waals surface area contributed by atoms with Crippen molar-refractivity contribution in [1.82, 2.24) is 10.2 Å². The maximum absolute atomic E-state index is 12.1. The number of hydrogen-bond donors (Lipinski definition) is 2. The smallest absolute Gasteiger partial charge is 0.234 e. The van der Waals surface area contributed by atoms with E-state index in [2.05, 4.69) is 17.1 Å². The van der Waals surface area contributed by atoms with Crippen LogP contribution < -0.4 is 5.32 Å². The average Bonchev–Trinajstić information content (AvgIpc) is 2.50. The lowest BCUT2D eigenvalue weighted by Gasteiger charge is -2.30. The Kier molecular flexibility index (Phi) is 6.40. The molecule has 1 aromatic rings. The number of likely N-dealkylation sites (tertiary alicyclic amines) is 1. The molecular formula is C18H28N2O2. The number of piperidine rings is 1. The molecule has 2 unspecified atom stereocenters. The molecule has 1 aliphatic heterocycles. The first kappa shape index (κ1) is 17.0. The van der Waals surface area contributed by atoms with Crippen LogP contribution in [0.1, 0.15) is 44.8 Å². The van der Waals surface area contributed by atoms with Gasteiger partial charge in [-0.3, -0.25) is 9.69 Å². The largest absolute Gasteiger partial charge is 0.388 e. The molecular weight excluding hydrogens is 276 g/mol. The molecule has 0 aliphatic carbocycles. The number of carbonyl (C=O) groups is 1. The van der Waals surface area contributed by atoms with Crippen LogP contribution >= 0.6 is 0 Å². The first-order valence-corrected chi connectivity index (χ1v) is 8.29. The topological polar surface area (TPSA) is 52.6 Å². The average molecular weight is 304 g/mol. The highest BCUT2D eigenvalue weighted by molar-refractivity contribution is 5.78. The number of amides is 1. The Balaban J connectivity index is 1.72. The van der Waals surface area contributed by atoms with Gasteiger partial charge in [-0.1, -0.05) is 37.3 Å². The van der Waals surface area contributed by atoms with Crippen LogP contribution in [0, 0.1) is 5.92 Å². The van der Waals surface area contributed by atoms with Crippen LogP contribution in [0.2, 0.25) is 0 Å².